The van der Waals surface area contributed by atoms with Gasteiger partial charge in [-0.05, 0) is 11.1 Å². The van der Waals surface area contributed by atoms with Gasteiger partial charge in [0.05, 0.1) is 6.42 Å². The first-order valence-electron chi connectivity index (χ1n) is 7.48. The molecule has 0 amide bonds. The molecule has 0 bridgehead atoms. The highest BCUT2D eigenvalue weighted by molar-refractivity contribution is 5.98. The van der Waals surface area contributed by atoms with E-state index in [1.54, 1.807) is 0 Å². The van der Waals surface area contributed by atoms with Gasteiger partial charge in [0.1, 0.15) is 11.3 Å². The number of halogens is 6. The van der Waals surface area contributed by atoms with Gasteiger partial charge in [0, 0.05) is 7.05 Å². The minimum Gasteiger partial charge on any atom is -0.376 e. The fourth-order valence-electron chi connectivity index (χ4n) is 2.52. The van der Waals surface area contributed by atoms with E-state index < -0.39 is 53.2 Å². The molecule has 2 rings (SSSR count). The Morgan fingerprint density at radius 3 is 2.30 bits per heavy atom. The van der Waals surface area contributed by atoms with Crippen molar-refractivity contribution in [2.45, 2.75) is 24.6 Å². The van der Waals surface area contributed by atoms with Crippen molar-refractivity contribution >= 4 is 11.9 Å². The van der Waals surface area contributed by atoms with E-state index in [-0.39, 0.29) is 0 Å². The predicted octanol–water partition coefficient (Wildman–Crippen LogP) is 4.16. The molecule has 0 aliphatic carbocycles. The zero-order valence-electron chi connectivity index (χ0n) is 13.9. The lowest BCUT2D eigenvalue weighted by Crippen LogP contribution is -2.44. The molecule has 1 N–H and O–H groups in total. The van der Waals surface area contributed by atoms with Gasteiger partial charge < -0.3 is 5.11 Å². The summed E-state index contributed by atoms with van der Waals surface area (Å²) in [5.41, 5.74) is -6.51. The van der Waals surface area contributed by atoms with Crippen LogP contribution in [0.3, 0.4) is 0 Å². The van der Waals surface area contributed by atoms with E-state index in [1.165, 1.54) is 18.2 Å². The summed E-state index contributed by atoms with van der Waals surface area (Å²) in [6.07, 6.45) is -9.05. The molecule has 0 aliphatic heterocycles. The van der Waals surface area contributed by atoms with Gasteiger partial charge in [-0.2, -0.15) is 22.7 Å². The Labute approximate surface area is 149 Å². The van der Waals surface area contributed by atoms with E-state index in [2.05, 4.69) is 11.7 Å². The number of hydrogen-bond donors (Lipinski definition) is 1. The van der Waals surface area contributed by atoms with Crippen LogP contribution in [-0.4, -0.2) is 26.8 Å². The maximum Gasteiger partial charge on any atom is 0.421 e. The van der Waals surface area contributed by atoms with Gasteiger partial charge in [-0.25, -0.2) is 13.5 Å². The largest absolute Gasteiger partial charge is 0.421 e. The Hall–Kier alpha value is -2.62. The smallest absolute Gasteiger partial charge is 0.376 e. The number of aliphatic hydroxyl groups is 1. The average Bonchev–Trinajstić information content (AvgIpc) is 2.89. The first-order valence-corrected chi connectivity index (χ1v) is 7.48. The quantitative estimate of drug-likeness (QED) is 0.593. The zero-order valence-corrected chi connectivity index (χ0v) is 13.9. The number of aromatic nitrogens is 2. The van der Waals surface area contributed by atoms with Crippen molar-refractivity contribution in [3.8, 4) is 0 Å². The molecule has 4 nitrogen and oxygen atoms in total. The Morgan fingerprint density at radius 2 is 1.85 bits per heavy atom. The van der Waals surface area contributed by atoms with Crippen molar-refractivity contribution in [1.82, 2.24) is 9.78 Å². The van der Waals surface area contributed by atoms with Gasteiger partial charge in [0.25, 0.3) is 6.43 Å². The summed E-state index contributed by atoms with van der Waals surface area (Å²) in [7, 11) is 0.919. The van der Waals surface area contributed by atoms with Crippen LogP contribution in [0.2, 0.25) is 0 Å². The second-order valence-electron chi connectivity index (χ2n) is 5.76. The van der Waals surface area contributed by atoms with E-state index in [4.69, 9.17) is 0 Å². The van der Waals surface area contributed by atoms with Crippen molar-refractivity contribution < 1.29 is 36.2 Å². The Morgan fingerprint density at radius 1 is 1.30 bits per heavy atom. The molecule has 1 heterocycles. The first kappa shape index (κ1) is 20.7. The molecule has 1 aromatic carbocycles. The van der Waals surface area contributed by atoms with E-state index in [0.717, 1.165) is 19.2 Å². The second-order valence-corrected chi connectivity index (χ2v) is 5.76. The molecule has 0 aliphatic rings. The summed E-state index contributed by atoms with van der Waals surface area (Å²) in [6.45, 7) is 3.44. The van der Waals surface area contributed by atoms with Gasteiger partial charge in [0.15, 0.2) is 11.4 Å². The minimum absolute atomic E-state index is 0.320. The third-order valence-electron chi connectivity index (χ3n) is 4.00. The van der Waals surface area contributed by atoms with E-state index in [0.29, 0.717) is 10.2 Å². The number of alkyl halides is 5. The monoisotopic (exact) mass is 392 g/mol. The average molecular weight is 392 g/mol. The van der Waals surface area contributed by atoms with Crippen LogP contribution in [0.4, 0.5) is 26.3 Å². The molecule has 2 aromatic rings. The van der Waals surface area contributed by atoms with Crippen LogP contribution in [0.25, 0.3) is 6.08 Å². The van der Waals surface area contributed by atoms with Crippen LogP contribution >= 0.6 is 0 Å². The third-order valence-corrected chi connectivity index (χ3v) is 4.00. The number of carbonyl (C=O) groups excluding carboxylic acids is 1. The Bertz CT molecular complexity index is 858. The number of rotatable bonds is 6. The molecule has 1 aromatic heterocycles. The van der Waals surface area contributed by atoms with Gasteiger partial charge in [0.2, 0.25) is 5.95 Å². The Balaban J connectivity index is 2.51. The van der Waals surface area contributed by atoms with Crippen LogP contribution < -0.4 is 0 Å². The maximum atomic E-state index is 14.0. The van der Waals surface area contributed by atoms with Crippen molar-refractivity contribution in [1.29, 1.82) is 0 Å². The molecule has 0 saturated heterocycles. The summed E-state index contributed by atoms with van der Waals surface area (Å²) in [5.74, 6) is -3.16. The lowest BCUT2D eigenvalue weighted by molar-refractivity contribution is -0.264. The van der Waals surface area contributed by atoms with Crippen molar-refractivity contribution in [3.63, 3.8) is 0 Å². The Kier molecular flexibility index (Phi) is 5.50. The van der Waals surface area contributed by atoms with Crippen LogP contribution in [0.15, 0.2) is 30.8 Å². The molecule has 0 unspecified atom stereocenters. The van der Waals surface area contributed by atoms with Gasteiger partial charge >= 0.3 is 6.18 Å². The van der Waals surface area contributed by atoms with E-state index in [9.17, 15) is 36.2 Å². The van der Waals surface area contributed by atoms with Crippen molar-refractivity contribution in [2.75, 3.05) is 0 Å². The molecule has 146 valence electrons. The number of aryl methyl sites for hydroxylation is 1. The highest BCUT2D eigenvalue weighted by Crippen LogP contribution is 2.43. The van der Waals surface area contributed by atoms with Crippen LogP contribution in [-0.2, 0) is 12.6 Å². The molecular formula is C17H14F6N2O2. The standard InChI is InChI=1S/C17H14F6N2O2/c1-3-9-4-6-10(7-5-9)16(27,17(21,22)23)8-11(26)12-13(14(18)19)24-25(2)15(12)20/h3-7,14,27H,1,8H2,2H3/t16-/m0/s1. The van der Waals surface area contributed by atoms with E-state index in [1.807, 2.05) is 0 Å². The number of ketones is 1. The minimum atomic E-state index is -5.33. The number of nitrogens with zero attached hydrogens (tertiary/aromatic N) is 2. The summed E-state index contributed by atoms with van der Waals surface area (Å²) in [4.78, 5) is 12.3. The third kappa shape index (κ3) is 3.75. The molecule has 27 heavy (non-hydrogen) atoms. The normalized spacial score (nSPS) is 14.3. The summed E-state index contributed by atoms with van der Waals surface area (Å²) in [5, 5.41) is 13.3. The number of benzene rings is 1. The fourth-order valence-corrected chi connectivity index (χ4v) is 2.52. The summed E-state index contributed by atoms with van der Waals surface area (Å²) < 4.78 is 80.8. The number of Topliss-reactive ketones (excluding diaryl/α,β-unsaturated/α-hetero) is 1. The number of hydrogen-bond acceptors (Lipinski definition) is 3. The lowest BCUT2D eigenvalue weighted by atomic mass is 9.86. The summed E-state index contributed by atoms with van der Waals surface area (Å²) >= 11 is 0. The fraction of sp³-hybridized carbons (Fsp3) is 0.294. The topological polar surface area (TPSA) is 55.1 Å². The van der Waals surface area contributed by atoms with E-state index >= 15 is 0 Å². The predicted molar refractivity (Wildman–Crippen MR) is 83.6 cm³/mol. The molecule has 10 heteroatoms. The molecule has 0 fully saturated rings. The second kappa shape index (κ2) is 7.18. The lowest BCUT2D eigenvalue weighted by Gasteiger charge is -2.30. The molecule has 0 spiro atoms. The van der Waals surface area contributed by atoms with Crippen molar-refractivity contribution in [2.24, 2.45) is 7.05 Å². The highest BCUT2D eigenvalue weighted by Gasteiger charge is 2.56. The van der Waals surface area contributed by atoms with Gasteiger partial charge in [-0.15, -0.1) is 0 Å². The maximum absolute atomic E-state index is 14.0. The first-order chi connectivity index (χ1) is 12.4. The summed E-state index contributed by atoms with van der Waals surface area (Å²) in [6, 6.07) is 4.29. The van der Waals surface area contributed by atoms with Crippen LogP contribution in [0.5, 0.6) is 0 Å². The SMILES string of the molecule is C=Cc1ccc([C@@](O)(CC(=O)c2c(C(F)F)nn(C)c2F)C(F)(F)F)cc1. The highest BCUT2D eigenvalue weighted by atomic mass is 19.4. The van der Waals surface area contributed by atoms with Gasteiger partial charge in [-0.1, -0.05) is 36.9 Å². The molecule has 1 atom stereocenters. The molecular weight excluding hydrogens is 378 g/mol. The number of carbonyl (C=O) groups is 1. The van der Waals surface area contributed by atoms with Gasteiger partial charge in [-0.3, -0.25) is 4.79 Å². The van der Waals surface area contributed by atoms with Crippen LogP contribution in [0, 0.1) is 5.95 Å². The molecule has 0 saturated carbocycles. The molecule has 0 radical (unpaired) electrons. The van der Waals surface area contributed by atoms with Crippen LogP contribution in [0.1, 0.15) is 40.0 Å². The van der Waals surface area contributed by atoms with Crippen molar-refractivity contribution in [3.05, 3.63) is 59.2 Å². The zero-order chi connectivity index (χ0) is 20.6.